The third kappa shape index (κ3) is 4.96. The van der Waals surface area contributed by atoms with Crippen LogP contribution < -0.4 is 10.0 Å². The summed E-state index contributed by atoms with van der Waals surface area (Å²) in [4.78, 5) is 12.5. The van der Waals surface area contributed by atoms with Gasteiger partial charge in [0, 0.05) is 6.42 Å². The molecule has 0 saturated carbocycles. The van der Waals surface area contributed by atoms with Gasteiger partial charge in [-0.05, 0) is 35.1 Å². The van der Waals surface area contributed by atoms with Crippen LogP contribution in [0.4, 0.5) is 11.4 Å². The Hall–Kier alpha value is -2.64. The monoisotopic (exact) mass is 400 g/mol. The lowest BCUT2D eigenvalue weighted by atomic mass is 9.97. The van der Waals surface area contributed by atoms with Crippen LogP contribution in [0.5, 0.6) is 0 Å². The highest BCUT2D eigenvalue weighted by Gasteiger charge is 2.18. The zero-order valence-electron chi connectivity index (χ0n) is 14.8. The lowest BCUT2D eigenvalue weighted by molar-refractivity contribution is -0.116. The maximum Gasteiger partial charge on any atom is 0.271 e. The number of carbonyl (C=O) groups is 1. The summed E-state index contributed by atoms with van der Waals surface area (Å²) in [5, 5.41) is 4.52. The number of sulfonamides is 1. The minimum absolute atomic E-state index is 0.0566. The van der Waals surface area contributed by atoms with Crippen LogP contribution in [0.1, 0.15) is 24.8 Å². The number of nitrogens with one attached hydrogen (secondary N) is 2. The second-order valence-corrected chi connectivity index (χ2v) is 9.00. The molecule has 0 radical (unpaired) electrons. The number of thiophene rings is 1. The molecule has 2 N–H and O–H groups in total. The highest BCUT2D eigenvalue weighted by molar-refractivity contribution is 7.94. The molecule has 0 aliphatic carbocycles. The van der Waals surface area contributed by atoms with E-state index >= 15 is 0 Å². The Labute approximate surface area is 163 Å². The van der Waals surface area contributed by atoms with Gasteiger partial charge in [-0.15, -0.1) is 11.3 Å². The van der Waals surface area contributed by atoms with Crippen LogP contribution in [0.3, 0.4) is 0 Å². The van der Waals surface area contributed by atoms with Crippen molar-refractivity contribution >= 4 is 38.6 Å². The number of hydrogen-bond acceptors (Lipinski definition) is 4. The smallest absolute Gasteiger partial charge is 0.271 e. The van der Waals surface area contributed by atoms with Gasteiger partial charge >= 0.3 is 0 Å². The number of anilines is 2. The molecule has 1 atom stereocenters. The Bertz CT molecular complexity index is 1000. The lowest BCUT2D eigenvalue weighted by Crippen LogP contribution is -2.17. The van der Waals surface area contributed by atoms with E-state index in [0.717, 1.165) is 16.9 Å². The molecule has 0 aliphatic heterocycles. The van der Waals surface area contributed by atoms with Gasteiger partial charge in [0.2, 0.25) is 5.91 Å². The van der Waals surface area contributed by atoms with Gasteiger partial charge in [-0.1, -0.05) is 55.5 Å². The van der Waals surface area contributed by atoms with E-state index in [0.29, 0.717) is 17.8 Å². The van der Waals surface area contributed by atoms with Gasteiger partial charge in [0.25, 0.3) is 10.0 Å². The van der Waals surface area contributed by atoms with Crippen molar-refractivity contribution < 1.29 is 13.2 Å². The summed E-state index contributed by atoms with van der Waals surface area (Å²) in [5.41, 5.74) is 1.86. The van der Waals surface area contributed by atoms with E-state index in [4.69, 9.17) is 0 Å². The molecule has 1 aromatic heterocycles. The predicted molar refractivity (Wildman–Crippen MR) is 110 cm³/mol. The van der Waals surface area contributed by atoms with E-state index in [1.54, 1.807) is 35.7 Å². The molecule has 1 heterocycles. The molecule has 5 nitrogen and oxygen atoms in total. The second-order valence-electron chi connectivity index (χ2n) is 6.15. The van der Waals surface area contributed by atoms with Gasteiger partial charge in [-0.25, -0.2) is 8.42 Å². The van der Waals surface area contributed by atoms with Gasteiger partial charge in [0.15, 0.2) is 0 Å². The quantitative estimate of drug-likeness (QED) is 0.605. The van der Waals surface area contributed by atoms with Gasteiger partial charge < -0.3 is 5.32 Å². The van der Waals surface area contributed by atoms with Crippen LogP contribution in [0.15, 0.2) is 76.3 Å². The Balaban J connectivity index is 1.71. The number of amides is 1. The van der Waals surface area contributed by atoms with Gasteiger partial charge in [0.05, 0.1) is 11.4 Å². The minimum Gasteiger partial charge on any atom is -0.324 e. The summed E-state index contributed by atoms with van der Waals surface area (Å²) in [7, 11) is -3.68. The molecule has 7 heteroatoms. The molecule has 0 aliphatic rings. The third-order valence-electron chi connectivity index (χ3n) is 4.07. The molecule has 0 saturated heterocycles. The van der Waals surface area contributed by atoms with Crippen molar-refractivity contribution in [2.24, 2.45) is 0 Å². The van der Waals surface area contributed by atoms with Crippen LogP contribution in [-0.2, 0) is 14.8 Å². The first-order valence-corrected chi connectivity index (χ1v) is 10.8. The lowest BCUT2D eigenvalue weighted by Gasteiger charge is -2.15. The molecule has 0 bridgehead atoms. The van der Waals surface area contributed by atoms with Crippen molar-refractivity contribution in [1.82, 2.24) is 0 Å². The summed E-state index contributed by atoms with van der Waals surface area (Å²) in [6.07, 6.45) is 0.302. The number of para-hydroxylation sites is 2. The third-order valence-corrected chi connectivity index (χ3v) is 6.83. The van der Waals surface area contributed by atoms with Crippen LogP contribution in [0.25, 0.3) is 0 Å². The number of carbonyl (C=O) groups excluding carboxylic acids is 1. The van der Waals surface area contributed by atoms with E-state index < -0.39 is 10.0 Å². The molecular formula is C20H20N2O3S2. The number of rotatable bonds is 7. The maximum absolute atomic E-state index is 12.5. The largest absolute Gasteiger partial charge is 0.324 e. The summed E-state index contributed by atoms with van der Waals surface area (Å²) in [5.74, 6) is -0.115. The summed E-state index contributed by atoms with van der Waals surface area (Å²) in [6.45, 7) is 1.99. The van der Waals surface area contributed by atoms with Gasteiger partial charge in [0.1, 0.15) is 4.21 Å². The second kappa shape index (κ2) is 8.37. The first kappa shape index (κ1) is 19.1. The molecule has 1 unspecified atom stereocenters. The predicted octanol–water partition coefficient (Wildman–Crippen LogP) is 4.68. The maximum atomic E-state index is 12.5. The molecule has 0 spiro atoms. The average molecular weight is 401 g/mol. The molecule has 3 aromatic rings. The normalized spacial score (nSPS) is 12.3. The van der Waals surface area contributed by atoms with Crippen molar-refractivity contribution in [3.8, 4) is 0 Å². The molecule has 1 amide bonds. The highest BCUT2D eigenvalue weighted by Crippen LogP contribution is 2.27. The summed E-state index contributed by atoms with van der Waals surface area (Å²) in [6, 6.07) is 19.8. The number of benzene rings is 2. The Kier molecular flexibility index (Phi) is 5.93. The molecular weight excluding hydrogens is 380 g/mol. The van der Waals surface area contributed by atoms with Crippen molar-refractivity contribution in [1.29, 1.82) is 0 Å². The highest BCUT2D eigenvalue weighted by atomic mass is 32.2. The molecule has 140 valence electrons. The number of hydrogen-bond donors (Lipinski definition) is 2. The van der Waals surface area contributed by atoms with Crippen LogP contribution in [0.2, 0.25) is 0 Å². The molecule has 3 rings (SSSR count). The first-order valence-electron chi connectivity index (χ1n) is 8.46. The minimum atomic E-state index is -3.68. The zero-order chi connectivity index (χ0) is 19.3. The molecule has 27 heavy (non-hydrogen) atoms. The Morgan fingerprint density at radius 2 is 1.63 bits per heavy atom. The standard InChI is InChI=1S/C20H20N2O3S2/c1-15(16-8-3-2-4-9-16)14-19(23)21-17-10-5-6-11-18(17)22-27(24,25)20-12-7-13-26-20/h2-13,15,22H,14H2,1H3,(H,21,23). The fraction of sp³-hybridized carbons (Fsp3) is 0.150. The summed E-state index contributed by atoms with van der Waals surface area (Å²) >= 11 is 1.14. The topological polar surface area (TPSA) is 75.3 Å². The van der Waals surface area contributed by atoms with E-state index in [9.17, 15) is 13.2 Å². The van der Waals surface area contributed by atoms with Crippen LogP contribution in [-0.4, -0.2) is 14.3 Å². The van der Waals surface area contributed by atoms with Crippen molar-refractivity contribution in [3.05, 3.63) is 77.7 Å². The molecule has 0 fully saturated rings. The molecule has 2 aromatic carbocycles. The zero-order valence-corrected chi connectivity index (χ0v) is 16.4. The fourth-order valence-corrected chi connectivity index (χ4v) is 4.74. The fourth-order valence-electron chi connectivity index (χ4n) is 2.67. The van der Waals surface area contributed by atoms with Crippen LogP contribution in [0, 0.1) is 0 Å². The van der Waals surface area contributed by atoms with E-state index in [-0.39, 0.29) is 16.0 Å². The first-order chi connectivity index (χ1) is 13.0. The van der Waals surface area contributed by atoms with Crippen molar-refractivity contribution in [2.75, 3.05) is 10.0 Å². The van der Waals surface area contributed by atoms with Crippen molar-refractivity contribution in [2.45, 2.75) is 23.5 Å². The van der Waals surface area contributed by atoms with Crippen molar-refractivity contribution in [3.63, 3.8) is 0 Å². The Morgan fingerprint density at radius 3 is 2.30 bits per heavy atom. The average Bonchev–Trinajstić information content (AvgIpc) is 3.19. The Morgan fingerprint density at radius 1 is 0.963 bits per heavy atom. The van der Waals surface area contributed by atoms with Crippen LogP contribution >= 0.6 is 11.3 Å². The summed E-state index contributed by atoms with van der Waals surface area (Å²) < 4.78 is 27.7. The van der Waals surface area contributed by atoms with E-state index in [1.165, 1.54) is 6.07 Å². The van der Waals surface area contributed by atoms with E-state index in [2.05, 4.69) is 10.0 Å². The van der Waals surface area contributed by atoms with Gasteiger partial charge in [-0.2, -0.15) is 0 Å². The van der Waals surface area contributed by atoms with Gasteiger partial charge in [-0.3, -0.25) is 9.52 Å². The SMILES string of the molecule is CC(CC(=O)Nc1ccccc1NS(=O)(=O)c1cccs1)c1ccccc1. The van der Waals surface area contributed by atoms with E-state index in [1.807, 2.05) is 37.3 Å².